The predicted molar refractivity (Wildman–Crippen MR) is 66.5 cm³/mol. The summed E-state index contributed by atoms with van der Waals surface area (Å²) in [5.41, 5.74) is 0. The Hall–Kier alpha value is -1.63. The molecule has 1 atom stereocenters. The van der Waals surface area contributed by atoms with E-state index in [-0.39, 0.29) is 31.3 Å². The van der Waals surface area contributed by atoms with E-state index in [0.717, 1.165) is 6.42 Å². The van der Waals surface area contributed by atoms with Crippen molar-refractivity contribution >= 4 is 17.8 Å². The van der Waals surface area contributed by atoms with E-state index in [2.05, 4.69) is 5.32 Å². The zero-order valence-corrected chi connectivity index (χ0v) is 11.1. The minimum Gasteiger partial charge on any atom is -0.481 e. The van der Waals surface area contributed by atoms with Gasteiger partial charge in [-0.2, -0.15) is 0 Å². The molecule has 7 heteroatoms. The molecule has 7 nitrogen and oxygen atoms in total. The van der Waals surface area contributed by atoms with E-state index < -0.39 is 12.1 Å². The first-order valence-electron chi connectivity index (χ1n) is 6.40. The largest absolute Gasteiger partial charge is 0.481 e. The van der Waals surface area contributed by atoms with Gasteiger partial charge in [-0.1, -0.05) is 0 Å². The van der Waals surface area contributed by atoms with Gasteiger partial charge in [0.25, 0.3) is 0 Å². The molecule has 19 heavy (non-hydrogen) atoms. The molecule has 0 radical (unpaired) electrons. The third-order valence-electron chi connectivity index (χ3n) is 2.84. The van der Waals surface area contributed by atoms with Crippen LogP contribution in [0, 0.1) is 0 Å². The standard InChI is InChI=1S/C12H20N2O5/c1-2-19-9(6-12(17)18)7-13-10(15)8-14-5-3-4-11(14)16/h9H,2-8H2,1H3,(H,13,15)(H,17,18). The van der Waals surface area contributed by atoms with E-state index in [1.165, 1.54) is 4.90 Å². The Morgan fingerprint density at radius 3 is 2.79 bits per heavy atom. The number of rotatable bonds is 8. The Labute approximate surface area is 111 Å². The molecule has 0 saturated carbocycles. The van der Waals surface area contributed by atoms with Crippen LogP contribution in [0.15, 0.2) is 0 Å². The van der Waals surface area contributed by atoms with Gasteiger partial charge in [-0.3, -0.25) is 14.4 Å². The number of hydrogen-bond donors (Lipinski definition) is 2. The third kappa shape index (κ3) is 5.69. The van der Waals surface area contributed by atoms with Crippen LogP contribution in [0.5, 0.6) is 0 Å². The number of nitrogens with zero attached hydrogens (tertiary/aromatic N) is 1. The van der Waals surface area contributed by atoms with Gasteiger partial charge in [0.1, 0.15) is 0 Å². The van der Waals surface area contributed by atoms with Crippen LogP contribution in [0.2, 0.25) is 0 Å². The first-order valence-corrected chi connectivity index (χ1v) is 6.40. The number of carbonyl (C=O) groups excluding carboxylic acids is 2. The maximum atomic E-state index is 11.6. The minimum atomic E-state index is -0.970. The molecule has 2 amide bonds. The molecule has 1 saturated heterocycles. The van der Waals surface area contributed by atoms with Crippen LogP contribution in [-0.2, 0) is 19.1 Å². The van der Waals surface area contributed by atoms with E-state index in [1.54, 1.807) is 6.92 Å². The van der Waals surface area contributed by atoms with Crippen molar-refractivity contribution in [2.45, 2.75) is 32.3 Å². The van der Waals surface area contributed by atoms with Crippen LogP contribution < -0.4 is 5.32 Å². The molecule has 1 rings (SSSR count). The Morgan fingerprint density at radius 1 is 1.53 bits per heavy atom. The number of carboxylic acids is 1. The summed E-state index contributed by atoms with van der Waals surface area (Å²) >= 11 is 0. The molecule has 0 bridgehead atoms. The van der Waals surface area contributed by atoms with Crippen molar-refractivity contribution in [3.8, 4) is 0 Å². The molecule has 0 spiro atoms. The fourth-order valence-electron chi connectivity index (χ4n) is 1.95. The second-order valence-electron chi connectivity index (χ2n) is 4.40. The molecule has 1 aliphatic heterocycles. The highest BCUT2D eigenvalue weighted by atomic mass is 16.5. The van der Waals surface area contributed by atoms with E-state index in [1.807, 2.05) is 0 Å². The Morgan fingerprint density at radius 2 is 2.26 bits per heavy atom. The van der Waals surface area contributed by atoms with Crippen molar-refractivity contribution in [1.29, 1.82) is 0 Å². The number of carbonyl (C=O) groups is 3. The van der Waals surface area contributed by atoms with Crippen LogP contribution in [-0.4, -0.2) is 60.1 Å². The molecular formula is C12H20N2O5. The lowest BCUT2D eigenvalue weighted by Gasteiger charge is -2.18. The highest BCUT2D eigenvalue weighted by molar-refractivity contribution is 5.85. The molecule has 1 aliphatic rings. The monoisotopic (exact) mass is 272 g/mol. The van der Waals surface area contributed by atoms with Gasteiger partial charge in [0, 0.05) is 26.1 Å². The molecule has 1 unspecified atom stereocenters. The molecule has 108 valence electrons. The SMILES string of the molecule is CCOC(CNC(=O)CN1CCCC1=O)CC(=O)O. The molecule has 0 aromatic heterocycles. The first kappa shape index (κ1) is 15.4. The highest BCUT2D eigenvalue weighted by Gasteiger charge is 2.22. The maximum absolute atomic E-state index is 11.6. The number of aliphatic carboxylic acids is 1. The number of carboxylic acid groups (broad SMARTS) is 1. The summed E-state index contributed by atoms with van der Waals surface area (Å²) in [5, 5.41) is 11.3. The van der Waals surface area contributed by atoms with Crippen molar-refractivity contribution < 1.29 is 24.2 Å². The summed E-state index contributed by atoms with van der Waals surface area (Å²) in [5.74, 6) is -1.27. The minimum absolute atomic E-state index is 0.0120. The number of nitrogens with one attached hydrogen (secondary N) is 1. The topological polar surface area (TPSA) is 95.9 Å². The van der Waals surface area contributed by atoms with E-state index in [0.29, 0.717) is 19.6 Å². The Kier molecular flexibility index (Phi) is 6.27. The summed E-state index contributed by atoms with van der Waals surface area (Å²) in [4.78, 5) is 35.1. The van der Waals surface area contributed by atoms with Gasteiger partial charge in [0.15, 0.2) is 0 Å². The van der Waals surface area contributed by atoms with Gasteiger partial charge in [-0.15, -0.1) is 0 Å². The summed E-state index contributed by atoms with van der Waals surface area (Å²) in [7, 11) is 0. The maximum Gasteiger partial charge on any atom is 0.306 e. The lowest BCUT2D eigenvalue weighted by molar-refractivity contribution is -0.140. The highest BCUT2D eigenvalue weighted by Crippen LogP contribution is 2.08. The van der Waals surface area contributed by atoms with Gasteiger partial charge in [0.05, 0.1) is 19.1 Å². The van der Waals surface area contributed by atoms with Crippen LogP contribution in [0.4, 0.5) is 0 Å². The lowest BCUT2D eigenvalue weighted by atomic mass is 10.2. The van der Waals surface area contributed by atoms with E-state index >= 15 is 0 Å². The van der Waals surface area contributed by atoms with Gasteiger partial charge < -0.3 is 20.1 Å². The van der Waals surface area contributed by atoms with Crippen LogP contribution in [0.25, 0.3) is 0 Å². The van der Waals surface area contributed by atoms with Crippen molar-refractivity contribution in [3.05, 3.63) is 0 Å². The molecule has 0 aromatic carbocycles. The number of hydrogen-bond acceptors (Lipinski definition) is 4. The molecule has 2 N–H and O–H groups in total. The lowest BCUT2D eigenvalue weighted by Crippen LogP contribution is -2.41. The van der Waals surface area contributed by atoms with Crippen LogP contribution >= 0.6 is 0 Å². The first-order chi connectivity index (χ1) is 9.02. The average Bonchev–Trinajstić information content (AvgIpc) is 2.72. The Bertz CT molecular complexity index is 345. The van der Waals surface area contributed by atoms with Gasteiger partial charge in [-0.05, 0) is 13.3 Å². The summed E-state index contributed by atoms with van der Waals surface area (Å²) in [6.45, 7) is 2.93. The normalized spacial score (nSPS) is 16.5. The van der Waals surface area contributed by atoms with E-state index in [9.17, 15) is 14.4 Å². The van der Waals surface area contributed by atoms with E-state index in [4.69, 9.17) is 9.84 Å². The molecule has 0 aliphatic carbocycles. The number of ether oxygens (including phenoxy) is 1. The number of amides is 2. The van der Waals surface area contributed by atoms with Gasteiger partial charge in [0.2, 0.25) is 11.8 Å². The quantitative estimate of drug-likeness (QED) is 0.627. The second kappa shape index (κ2) is 7.73. The van der Waals surface area contributed by atoms with Crippen molar-refractivity contribution in [2.75, 3.05) is 26.2 Å². The number of likely N-dealkylation sites (tertiary alicyclic amines) is 1. The fraction of sp³-hybridized carbons (Fsp3) is 0.750. The summed E-state index contributed by atoms with van der Waals surface area (Å²) < 4.78 is 5.22. The Balaban J connectivity index is 2.30. The zero-order valence-electron chi connectivity index (χ0n) is 11.1. The molecule has 1 fully saturated rings. The fourth-order valence-corrected chi connectivity index (χ4v) is 1.95. The zero-order chi connectivity index (χ0) is 14.3. The van der Waals surface area contributed by atoms with Crippen molar-refractivity contribution in [2.24, 2.45) is 0 Å². The van der Waals surface area contributed by atoms with Gasteiger partial charge in [-0.25, -0.2) is 0 Å². The average molecular weight is 272 g/mol. The van der Waals surface area contributed by atoms with Crippen molar-refractivity contribution in [1.82, 2.24) is 10.2 Å². The molecular weight excluding hydrogens is 252 g/mol. The van der Waals surface area contributed by atoms with Crippen molar-refractivity contribution in [3.63, 3.8) is 0 Å². The van der Waals surface area contributed by atoms with Gasteiger partial charge >= 0.3 is 5.97 Å². The molecule has 1 heterocycles. The smallest absolute Gasteiger partial charge is 0.306 e. The predicted octanol–water partition coefficient (Wildman–Crippen LogP) is -0.395. The summed E-state index contributed by atoms with van der Waals surface area (Å²) in [6.07, 6.45) is 0.581. The summed E-state index contributed by atoms with van der Waals surface area (Å²) in [6, 6.07) is 0. The third-order valence-corrected chi connectivity index (χ3v) is 2.84. The van der Waals surface area contributed by atoms with Crippen LogP contribution in [0.3, 0.4) is 0 Å². The molecule has 0 aromatic rings. The van der Waals surface area contributed by atoms with Crippen LogP contribution in [0.1, 0.15) is 26.2 Å². The second-order valence-corrected chi connectivity index (χ2v) is 4.40.